The number of aromatic nitrogens is 3. The highest BCUT2D eigenvalue weighted by Gasteiger charge is 2.52. The predicted molar refractivity (Wildman–Crippen MR) is 138 cm³/mol. The Balaban J connectivity index is 1.34. The van der Waals surface area contributed by atoms with E-state index in [1.807, 2.05) is 25.1 Å². The van der Waals surface area contributed by atoms with Gasteiger partial charge >= 0.3 is 0 Å². The third-order valence-electron chi connectivity index (χ3n) is 8.52. The number of carbonyl (C=O) groups excluding carboxylic acids is 1. The van der Waals surface area contributed by atoms with E-state index in [-0.39, 0.29) is 28.8 Å². The number of rotatable bonds is 3. The van der Waals surface area contributed by atoms with Crippen LogP contribution in [0.15, 0.2) is 29.3 Å². The van der Waals surface area contributed by atoms with E-state index in [0.717, 1.165) is 65.6 Å². The third kappa shape index (κ3) is 3.13. The van der Waals surface area contributed by atoms with Gasteiger partial charge in [0.05, 0.1) is 5.71 Å². The van der Waals surface area contributed by atoms with Gasteiger partial charge in [0.2, 0.25) is 5.91 Å². The summed E-state index contributed by atoms with van der Waals surface area (Å²) in [6.07, 6.45) is 5.65. The molecule has 6 nitrogen and oxygen atoms in total. The smallest absolute Gasteiger partial charge is 0.224 e. The number of halogens is 1. The van der Waals surface area contributed by atoms with Crippen LogP contribution in [0.3, 0.4) is 0 Å². The zero-order valence-corrected chi connectivity index (χ0v) is 21.8. The molecule has 0 bridgehead atoms. The fourth-order valence-electron chi connectivity index (χ4n) is 5.96. The van der Waals surface area contributed by atoms with Gasteiger partial charge in [0.25, 0.3) is 0 Å². The Morgan fingerprint density at radius 3 is 2.66 bits per heavy atom. The van der Waals surface area contributed by atoms with Gasteiger partial charge in [0.1, 0.15) is 16.4 Å². The number of aliphatic imine (C=N–C) groups is 1. The van der Waals surface area contributed by atoms with Crippen molar-refractivity contribution in [2.45, 2.75) is 70.9 Å². The molecule has 35 heavy (non-hydrogen) atoms. The van der Waals surface area contributed by atoms with E-state index < -0.39 is 0 Å². The quantitative estimate of drug-likeness (QED) is 0.535. The second-order valence-corrected chi connectivity index (χ2v) is 12.7. The number of carbonyl (C=O) groups is 1. The molecule has 1 N–H and O–H groups in total. The van der Waals surface area contributed by atoms with Crippen LogP contribution in [-0.2, 0) is 23.2 Å². The Bertz CT molecular complexity index is 1430. The van der Waals surface area contributed by atoms with E-state index in [1.54, 1.807) is 11.3 Å². The van der Waals surface area contributed by atoms with E-state index in [9.17, 15) is 4.79 Å². The van der Waals surface area contributed by atoms with Crippen LogP contribution >= 0.6 is 22.9 Å². The normalized spacial score (nSPS) is 24.6. The van der Waals surface area contributed by atoms with Crippen molar-refractivity contribution in [1.82, 2.24) is 20.1 Å². The first kappa shape index (κ1) is 21.7. The predicted octanol–water partition coefficient (Wildman–Crippen LogP) is 5.15. The lowest BCUT2D eigenvalue weighted by atomic mass is 9.67. The van der Waals surface area contributed by atoms with Crippen LogP contribution in [-0.4, -0.2) is 32.4 Å². The minimum Gasteiger partial charge on any atom is -0.353 e. The van der Waals surface area contributed by atoms with Crippen LogP contribution < -0.4 is 5.32 Å². The van der Waals surface area contributed by atoms with Crippen molar-refractivity contribution < 1.29 is 4.79 Å². The van der Waals surface area contributed by atoms with E-state index in [2.05, 4.69) is 40.0 Å². The number of thiophene rings is 1. The molecule has 7 rings (SSSR count). The largest absolute Gasteiger partial charge is 0.353 e. The summed E-state index contributed by atoms with van der Waals surface area (Å²) in [5.74, 6) is 1.96. The monoisotopic (exact) mass is 505 g/mol. The fraction of sp³-hybridized carbons (Fsp3) is 0.481. The molecule has 4 aliphatic rings. The van der Waals surface area contributed by atoms with Crippen molar-refractivity contribution in [3.8, 4) is 5.00 Å². The minimum atomic E-state index is -0.341. The number of fused-ring (bicyclic) bond motifs is 6. The molecule has 3 aromatic rings. The lowest BCUT2D eigenvalue weighted by molar-refractivity contribution is -0.127. The average molecular weight is 506 g/mol. The van der Waals surface area contributed by atoms with Gasteiger partial charge in [0.15, 0.2) is 5.82 Å². The molecule has 0 saturated heterocycles. The van der Waals surface area contributed by atoms with Crippen LogP contribution in [0.25, 0.3) is 5.00 Å². The van der Waals surface area contributed by atoms with E-state index in [1.165, 1.54) is 16.9 Å². The molecule has 1 aliphatic heterocycles. The summed E-state index contributed by atoms with van der Waals surface area (Å²) in [5, 5.41) is 14.2. The van der Waals surface area contributed by atoms with Crippen LogP contribution in [0.2, 0.25) is 5.02 Å². The number of nitrogens with one attached hydrogen (secondary N) is 1. The maximum Gasteiger partial charge on any atom is 0.224 e. The van der Waals surface area contributed by atoms with Crippen molar-refractivity contribution in [2.75, 3.05) is 0 Å². The summed E-state index contributed by atoms with van der Waals surface area (Å²) >= 11 is 8.51. The number of hydrogen-bond acceptors (Lipinski definition) is 5. The summed E-state index contributed by atoms with van der Waals surface area (Å²) in [6, 6.07) is 8.24. The van der Waals surface area contributed by atoms with Gasteiger partial charge in [-0.05, 0) is 62.5 Å². The molecule has 2 fully saturated rings. The summed E-state index contributed by atoms with van der Waals surface area (Å²) in [5.41, 5.74) is 4.10. The van der Waals surface area contributed by atoms with Crippen LogP contribution in [0, 0.1) is 18.3 Å². The Morgan fingerprint density at radius 2 is 1.97 bits per heavy atom. The lowest BCUT2D eigenvalue weighted by Gasteiger charge is -2.45. The summed E-state index contributed by atoms with van der Waals surface area (Å²) in [4.78, 5) is 19.9. The molecule has 3 aliphatic carbocycles. The second-order valence-electron chi connectivity index (χ2n) is 11.3. The van der Waals surface area contributed by atoms with Gasteiger partial charge in [-0.25, -0.2) is 0 Å². The maximum atomic E-state index is 13.3. The van der Waals surface area contributed by atoms with E-state index in [0.29, 0.717) is 5.02 Å². The lowest BCUT2D eigenvalue weighted by Crippen LogP contribution is -2.53. The highest BCUT2D eigenvalue weighted by atomic mass is 35.5. The van der Waals surface area contributed by atoms with Crippen molar-refractivity contribution in [3.05, 3.63) is 62.5 Å². The molecule has 8 heteroatoms. The van der Waals surface area contributed by atoms with Gasteiger partial charge in [-0.3, -0.25) is 14.4 Å². The molecule has 180 valence electrons. The highest BCUT2D eigenvalue weighted by molar-refractivity contribution is 7.15. The van der Waals surface area contributed by atoms with Crippen molar-refractivity contribution in [3.63, 3.8) is 0 Å². The Morgan fingerprint density at radius 1 is 1.17 bits per heavy atom. The summed E-state index contributed by atoms with van der Waals surface area (Å²) in [7, 11) is 0. The van der Waals surface area contributed by atoms with Crippen molar-refractivity contribution in [2.24, 2.45) is 16.3 Å². The third-order valence-corrected chi connectivity index (χ3v) is 10.1. The average Bonchev–Trinajstić information content (AvgIpc) is 3.17. The molecule has 1 unspecified atom stereocenters. The van der Waals surface area contributed by atoms with E-state index in [4.69, 9.17) is 16.6 Å². The topological polar surface area (TPSA) is 72.2 Å². The Hall–Kier alpha value is -2.51. The maximum absolute atomic E-state index is 13.3. The van der Waals surface area contributed by atoms with Crippen LogP contribution in [0.5, 0.6) is 0 Å². The number of benzene rings is 1. The summed E-state index contributed by atoms with van der Waals surface area (Å²) in [6.45, 7) is 6.50. The molecule has 2 saturated carbocycles. The Kier molecular flexibility index (Phi) is 4.51. The first-order valence-electron chi connectivity index (χ1n) is 12.5. The van der Waals surface area contributed by atoms with Gasteiger partial charge in [-0.2, -0.15) is 0 Å². The molecule has 1 aromatic carbocycles. The first-order chi connectivity index (χ1) is 16.8. The molecule has 1 spiro atoms. The molecule has 0 radical (unpaired) electrons. The number of amides is 1. The molecule has 2 aromatic heterocycles. The number of aryl methyl sites for hydroxylation is 1. The van der Waals surface area contributed by atoms with Crippen molar-refractivity contribution in [1.29, 1.82) is 0 Å². The molecule has 1 amide bonds. The molecular formula is C27H28ClN5OS. The highest BCUT2D eigenvalue weighted by Crippen LogP contribution is 2.54. The minimum absolute atomic E-state index is 0.0370. The van der Waals surface area contributed by atoms with E-state index >= 15 is 0 Å². The van der Waals surface area contributed by atoms with Gasteiger partial charge in [-0.15, -0.1) is 21.5 Å². The number of nitrogens with zero attached hydrogens (tertiary/aromatic N) is 4. The van der Waals surface area contributed by atoms with Crippen molar-refractivity contribution >= 4 is 34.6 Å². The Labute approximate surface area is 213 Å². The molecular weight excluding hydrogens is 478 g/mol. The van der Waals surface area contributed by atoms with Gasteiger partial charge < -0.3 is 5.32 Å². The SMILES string of the molecule is Cc1nnc2n1-c1sc3c(c1C(c1ccccc1Cl)=NC21CC1)C[C@H](C(=O)NC1CCC1(C)C)C3. The fourth-order valence-corrected chi connectivity index (χ4v) is 7.64. The van der Waals surface area contributed by atoms with Crippen LogP contribution in [0.4, 0.5) is 0 Å². The zero-order valence-electron chi connectivity index (χ0n) is 20.2. The molecule has 2 atom stereocenters. The summed E-state index contributed by atoms with van der Waals surface area (Å²) < 4.78 is 2.21. The van der Waals surface area contributed by atoms with Crippen LogP contribution in [0.1, 0.15) is 72.7 Å². The standard InChI is InChI=1S/C27H28ClN5OS/c1-14-31-32-25-27(10-11-27)30-22(16-6-4-5-7-18(16)28)21-17-12-15(13-19(17)35-24(21)33(14)25)23(34)29-20-8-9-26(20,2)3/h4-7,15,20H,8-13H2,1-3H3,(H,29,34)/t15-,20?/m0/s1. The molecule has 3 heterocycles. The first-order valence-corrected chi connectivity index (χ1v) is 13.7. The van der Waals surface area contributed by atoms with Gasteiger partial charge in [0, 0.05) is 33.0 Å². The number of hydrogen-bond donors (Lipinski definition) is 1. The van der Waals surface area contributed by atoms with Gasteiger partial charge in [-0.1, -0.05) is 43.6 Å². The zero-order chi connectivity index (χ0) is 24.1. The second kappa shape index (κ2) is 7.26.